The number of nitrogens with zero attached hydrogens (tertiary/aromatic N) is 1. The molecule has 0 N–H and O–H groups in total. The second kappa shape index (κ2) is 6.80. The molecule has 1 aliphatic heterocycles. The van der Waals surface area contributed by atoms with Gasteiger partial charge in [-0.05, 0) is 60.2 Å². The monoisotopic (exact) mass is 367 g/mol. The smallest absolute Gasteiger partial charge is 0.337 e. The van der Waals surface area contributed by atoms with E-state index < -0.39 is 0 Å². The van der Waals surface area contributed by atoms with E-state index in [1.54, 1.807) is 12.1 Å². The Morgan fingerprint density at radius 1 is 1.15 bits per heavy atom. The van der Waals surface area contributed by atoms with E-state index in [4.69, 9.17) is 4.74 Å². The molecule has 27 heavy (non-hydrogen) atoms. The second-order valence-corrected chi connectivity index (χ2v) is 7.70. The van der Waals surface area contributed by atoms with Crippen molar-refractivity contribution in [3.05, 3.63) is 70.5 Å². The molecule has 4 nitrogen and oxygen atoms in total. The number of carbonyl (C=O) groups is 2. The summed E-state index contributed by atoms with van der Waals surface area (Å²) < 4.78 is 17.9. The van der Waals surface area contributed by atoms with E-state index in [2.05, 4.69) is 0 Å². The summed E-state index contributed by atoms with van der Waals surface area (Å²) >= 11 is 0. The molecule has 1 saturated heterocycles. The molecule has 2 aromatic rings. The fraction of sp³-hybridized carbons (Fsp3) is 0.364. The zero-order valence-corrected chi connectivity index (χ0v) is 15.3. The van der Waals surface area contributed by atoms with Crippen molar-refractivity contribution in [3.8, 4) is 0 Å². The van der Waals surface area contributed by atoms with Gasteiger partial charge < -0.3 is 9.64 Å². The van der Waals surface area contributed by atoms with Crippen molar-refractivity contribution in [3.63, 3.8) is 0 Å². The summed E-state index contributed by atoms with van der Waals surface area (Å²) in [5.74, 6) is -0.460. The van der Waals surface area contributed by atoms with Gasteiger partial charge in [0.25, 0.3) is 0 Å². The molecule has 0 saturated carbocycles. The molecule has 0 radical (unpaired) electrons. The van der Waals surface area contributed by atoms with Gasteiger partial charge in [-0.1, -0.05) is 18.2 Å². The number of benzene rings is 2. The molecule has 1 spiro atoms. The van der Waals surface area contributed by atoms with Crippen LogP contribution in [0.3, 0.4) is 0 Å². The number of ether oxygens (including phenoxy) is 1. The van der Waals surface area contributed by atoms with Crippen LogP contribution in [0.1, 0.15) is 39.9 Å². The van der Waals surface area contributed by atoms with Crippen molar-refractivity contribution in [2.24, 2.45) is 5.41 Å². The quantitative estimate of drug-likeness (QED) is 0.780. The highest BCUT2D eigenvalue weighted by Gasteiger charge is 2.44. The number of hydrogen-bond donors (Lipinski definition) is 0. The van der Waals surface area contributed by atoms with Crippen LogP contribution in [0.4, 0.5) is 4.39 Å². The molecule has 0 unspecified atom stereocenters. The average Bonchev–Trinajstić information content (AvgIpc) is 2.96. The van der Waals surface area contributed by atoms with Crippen LogP contribution in [-0.2, 0) is 28.9 Å². The minimum absolute atomic E-state index is 0.0845. The van der Waals surface area contributed by atoms with Gasteiger partial charge in [0, 0.05) is 24.9 Å². The Kier molecular flexibility index (Phi) is 4.46. The number of carbonyl (C=O) groups excluding carboxylic acids is 2. The molecule has 0 bridgehead atoms. The summed E-state index contributed by atoms with van der Waals surface area (Å²) in [6, 6.07) is 12.0. The molecular formula is C22H22FNO3. The molecule has 1 amide bonds. The largest absolute Gasteiger partial charge is 0.465 e. The third-order valence-electron chi connectivity index (χ3n) is 5.81. The lowest BCUT2D eigenvalue weighted by molar-refractivity contribution is -0.128. The van der Waals surface area contributed by atoms with Crippen LogP contribution >= 0.6 is 0 Å². The number of amides is 1. The highest BCUT2D eigenvalue weighted by Crippen LogP contribution is 2.43. The highest BCUT2D eigenvalue weighted by molar-refractivity contribution is 5.89. The highest BCUT2D eigenvalue weighted by atomic mass is 19.1. The first-order valence-corrected chi connectivity index (χ1v) is 9.20. The van der Waals surface area contributed by atoms with Crippen LogP contribution in [0.2, 0.25) is 0 Å². The number of halogens is 1. The lowest BCUT2D eigenvalue weighted by Gasteiger charge is -2.34. The van der Waals surface area contributed by atoms with E-state index in [1.807, 2.05) is 23.1 Å². The maximum absolute atomic E-state index is 13.1. The zero-order valence-electron chi connectivity index (χ0n) is 15.3. The summed E-state index contributed by atoms with van der Waals surface area (Å²) in [5, 5.41) is 0. The minimum Gasteiger partial charge on any atom is -0.465 e. The average molecular weight is 367 g/mol. The van der Waals surface area contributed by atoms with E-state index in [9.17, 15) is 14.0 Å². The van der Waals surface area contributed by atoms with Crippen LogP contribution in [0.25, 0.3) is 0 Å². The summed E-state index contributed by atoms with van der Waals surface area (Å²) in [5.41, 5.74) is 3.80. The van der Waals surface area contributed by atoms with Crippen molar-refractivity contribution < 1.29 is 18.7 Å². The molecule has 2 aliphatic rings. The van der Waals surface area contributed by atoms with E-state index in [0.29, 0.717) is 25.1 Å². The lowest BCUT2D eigenvalue weighted by Crippen LogP contribution is -2.33. The van der Waals surface area contributed by atoms with Crippen LogP contribution in [0, 0.1) is 11.2 Å². The Hall–Kier alpha value is -2.69. The topological polar surface area (TPSA) is 46.6 Å². The number of methoxy groups -OCH3 is 1. The van der Waals surface area contributed by atoms with Crippen LogP contribution in [-0.4, -0.2) is 30.4 Å². The molecule has 4 rings (SSSR count). The van der Waals surface area contributed by atoms with Crippen molar-refractivity contribution in [2.45, 2.75) is 32.2 Å². The van der Waals surface area contributed by atoms with Gasteiger partial charge in [-0.3, -0.25) is 4.79 Å². The molecule has 1 fully saturated rings. The Morgan fingerprint density at radius 2 is 1.93 bits per heavy atom. The first kappa shape index (κ1) is 17.7. The van der Waals surface area contributed by atoms with Gasteiger partial charge in [-0.2, -0.15) is 0 Å². The number of rotatable bonds is 3. The predicted molar refractivity (Wildman–Crippen MR) is 98.7 cm³/mol. The van der Waals surface area contributed by atoms with Gasteiger partial charge in [0.2, 0.25) is 5.91 Å². The third kappa shape index (κ3) is 3.46. The first-order chi connectivity index (χ1) is 13.0. The summed E-state index contributed by atoms with van der Waals surface area (Å²) in [4.78, 5) is 26.3. The maximum Gasteiger partial charge on any atom is 0.337 e. The van der Waals surface area contributed by atoms with Crippen molar-refractivity contribution in [2.75, 3.05) is 13.7 Å². The van der Waals surface area contributed by atoms with Gasteiger partial charge in [0.15, 0.2) is 0 Å². The number of fused-ring (bicyclic) bond motifs is 1. The van der Waals surface area contributed by atoms with Gasteiger partial charge in [-0.25, -0.2) is 9.18 Å². The third-order valence-corrected chi connectivity index (χ3v) is 5.81. The molecule has 1 heterocycles. The number of likely N-dealkylation sites (tertiary alicyclic amines) is 1. The second-order valence-electron chi connectivity index (χ2n) is 7.70. The zero-order chi connectivity index (χ0) is 19.0. The summed E-state index contributed by atoms with van der Waals surface area (Å²) in [6.07, 6.45) is 3.19. The summed E-state index contributed by atoms with van der Waals surface area (Å²) in [7, 11) is 1.38. The Bertz CT molecular complexity index is 893. The van der Waals surface area contributed by atoms with Crippen molar-refractivity contribution >= 4 is 11.9 Å². The maximum atomic E-state index is 13.1. The molecule has 140 valence electrons. The van der Waals surface area contributed by atoms with E-state index in [1.165, 1.54) is 24.8 Å². The van der Waals surface area contributed by atoms with Gasteiger partial charge >= 0.3 is 5.97 Å². The van der Waals surface area contributed by atoms with Gasteiger partial charge in [-0.15, -0.1) is 0 Å². The molecule has 5 heteroatoms. The Labute approximate surface area is 157 Å². The lowest BCUT2D eigenvalue weighted by atomic mass is 9.70. The summed E-state index contributed by atoms with van der Waals surface area (Å²) in [6.45, 7) is 1.21. The van der Waals surface area contributed by atoms with E-state index in [-0.39, 0.29) is 23.1 Å². The predicted octanol–water partition coefficient (Wildman–Crippen LogP) is 3.52. The van der Waals surface area contributed by atoms with Crippen molar-refractivity contribution in [1.29, 1.82) is 0 Å². The Balaban J connectivity index is 1.52. The fourth-order valence-electron chi connectivity index (χ4n) is 4.39. The number of esters is 1. The minimum atomic E-state index is -0.335. The normalized spacial score (nSPS) is 21.4. The number of aryl methyl sites for hydroxylation is 1. The first-order valence-electron chi connectivity index (χ1n) is 9.20. The van der Waals surface area contributed by atoms with Gasteiger partial charge in [0.1, 0.15) is 5.82 Å². The van der Waals surface area contributed by atoms with Crippen LogP contribution < -0.4 is 0 Å². The van der Waals surface area contributed by atoms with E-state index >= 15 is 0 Å². The number of hydrogen-bond acceptors (Lipinski definition) is 3. The SMILES string of the molecule is COC(=O)c1ccc2c(c1)C[C@]1(CC2)CC(=O)N(Cc2ccc(F)cc2)C1. The molecule has 0 aromatic heterocycles. The molecule has 1 aliphatic carbocycles. The molecular weight excluding hydrogens is 345 g/mol. The molecule has 2 aromatic carbocycles. The standard InChI is InChI=1S/C22H22FNO3/c1-27-21(26)17-5-4-16-8-9-22(11-18(16)10-17)12-20(25)24(14-22)13-15-2-6-19(23)7-3-15/h2-7,10H,8-9,11-14H2,1H3/t22-/m1/s1. The van der Waals surface area contributed by atoms with E-state index in [0.717, 1.165) is 30.4 Å². The fourth-order valence-corrected chi connectivity index (χ4v) is 4.39. The molecule has 1 atom stereocenters. The van der Waals surface area contributed by atoms with Crippen LogP contribution in [0.15, 0.2) is 42.5 Å². The van der Waals surface area contributed by atoms with Crippen molar-refractivity contribution in [1.82, 2.24) is 4.90 Å². The van der Waals surface area contributed by atoms with Gasteiger partial charge in [0.05, 0.1) is 12.7 Å². The van der Waals surface area contributed by atoms with Crippen LogP contribution in [0.5, 0.6) is 0 Å². The Morgan fingerprint density at radius 3 is 2.67 bits per heavy atom.